The van der Waals surface area contributed by atoms with Gasteiger partial charge in [-0.05, 0) is 36.1 Å². The highest BCUT2D eigenvalue weighted by atomic mass is 16.3. The maximum atomic E-state index is 12.6. The number of carbonyl (C=O) groups is 2. The van der Waals surface area contributed by atoms with Crippen molar-refractivity contribution in [3.05, 3.63) is 70.8 Å². The topological polar surface area (TPSA) is 57.6 Å². The minimum Gasteiger partial charge on any atom is -0.386 e. The van der Waals surface area contributed by atoms with Gasteiger partial charge in [0.15, 0.2) is 0 Å². The normalized spacial score (nSPS) is 23.4. The Kier molecular flexibility index (Phi) is 2.87. The van der Waals surface area contributed by atoms with Crippen LogP contribution in [0.3, 0.4) is 0 Å². The van der Waals surface area contributed by atoms with E-state index in [1.807, 2.05) is 24.3 Å². The number of hydrogen-bond acceptors (Lipinski definition) is 3. The third-order valence-electron chi connectivity index (χ3n) is 4.60. The molecule has 0 bridgehead atoms. The van der Waals surface area contributed by atoms with Crippen LogP contribution in [0.5, 0.6) is 0 Å². The summed E-state index contributed by atoms with van der Waals surface area (Å²) >= 11 is 0. The lowest BCUT2D eigenvalue weighted by molar-refractivity contribution is 0.0285. The fraction of sp³-hybridized carbons (Fsp3) is 0.222. The SMILES string of the molecule is O=C1c2ccccc2C(=O)N1[C@H]1CCc2ccccc2[C@@H]1O. The van der Waals surface area contributed by atoms with Crippen molar-refractivity contribution in [2.24, 2.45) is 0 Å². The van der Waals surface area contributed by atoms with Crippen LogP contribution in [0.4, 0.5) is 0 Å². The summed E-state index contributed by atoms with van der Waals surface area (Å²) in [5, 5.41) is 10.6. The molecule has 22 heavy (non-hydrogen) atoms. The van der Waals surface area contributed by atoms with Crippen molar-refractivity contribution in [2.45, 2.75) is 25.0 Å². The maximum absolute atomic E-state index is 12.6. The highest BCUT2D eigenvalue weighted by Gasteiger charge is 2.44. The minimum absolute atomic E-state index is 0.302. The van der Waals surface area contributed by atoms with Gasteiger partial charge >= 0.3 is 0 Å². The molecule has 0 unspecified atom stereocenters. The number of aliphatic hydroxyl groups excluding tert-OH is 1. The van der Waals surface area contributed by atoms with E-state index in [1.165, 1.54) is 4.90 Å². The van der Waals surface area contributed by atoms with Gasteiger partial charge in [0.2, 0.25) is 0 Å². The number of nitrogens with zero attached hydrogens (tertiary/aromatic N) is 1. The second kappa shape index (κ2) is 4.78. The Morgan fingerprint density at radius 3 is 2.18 bits per heavy atom. The third-order valence-corrected chi connectivity index (χ3v) is 4.60. The largest absolute Gasteiger partial charge is 0.386 e. The van der Waals surface area contributed by atoms with Crippen molar-refractivity contribution in [3.8, 4) is 0 Å². The van der Waals surface area contributed by atoms with Crippen LogP contribution in [0.15, 0.2) is 48.5 Å². The summed E-state index contributed by atoms with van der Waals surface area (Å²) in [6, 6.07) is 14.0. The summed E-state index contributed by atoms with van der Waals surface area (Å²) in [7, 11) is 0. The predicted molar refractivity (Wildman–Crippen MR) is 80.5 cm³/mol. The van der Waals surface area contributed by atoms with Crippen molar-refractivity contribution >= 4 is 11.8 Å². The van der Waals surface area contributed by atoms with Crippen molar-refractivity contribution < 1.29 is 14.7 Å². The van der Waals surface area contributed by atoms with Gasteiger partial charge in [0.1, 0.15) is 6.10 Å². The van der Waals surface area contributed by atoms with E-state index in [1.54, 1.807) is 24.3 Å². The molecular formula is C18H15NO3. The number of hydrogen-bond donors (Lipinski definition) is 1. The number of amides is 2. The van der Waals surface area contributed by atoms with Gasteiger partial charge in [-0.2, -0.15) is 0 Å². The molecule has 1 heterocycles. The molecule has 2 aromatic carbocycles. The fourth-order valence-corrected chi connectivity index (χ4v) is 3.50. The van der Waals surface area contributed by atoms with E-state index in [0.29, 0.717) is 17.5 Å². The zero-order chi connectivity index (χ0) is 15.3. The highest BCUT2D eigenvalue weighted by molar-refractivity contribution is 6.21. The average molecular weight is 293 g/mol. The van der Waals surface area contributed by atoms with Crippen molar-refractivity contribution in [3.63, 3.8) is 0 Å². The van der Waals surface area contributed by atoms with Crippen molar-refractivity contribution in [2.75, 3.05) is 0 Å². The van der Waals surface area contributed by atoms with Crippen LogP contribution in [-0.4, -0.2) is 27.9 Å². The Hall–Kier alpha value is -2.46. The number of aliphatic hydroxyl groups is 1. The molecule has 0 saturated carbocycles. The van der Waals surface area contributed by atoms with Crippen molar-refractivity contribution in [1.82, 2.24) is 4.90 Å². The lowest BCUT2D eigenvalue weighted by atomic mass is 9.85. The average Bonchev–Trinajstić information content (AvgIpc) is 2.81. The predicted octanol–water partition coefficient (Wildman–Crippen LogP) is 2.33. The molecule has 0 fully saturated rings. The van der Waals surface area contributed by atoms with Gasteiger partial charge in [0.05, 0.1) is 17.2 Å². The van der Waals surface area contributed by atoms with E-state index in [0.717, 1.165) is 17.5 Å². The molecule has 0 aromatic heterocycles. The second-order valence-electron chi connectivity index (χ2n) is 5.78. The van der Waals surface area contributed by atoms with Crippen LogP contribution >= 0.6 is 0 Å². The van der Waals surface area contributed by atoms with E-state index in [2.05, 4.69) is 0 Å². The molecule has 1 aliphatic heterocycles. The fourth-order valence-electron chi connectivity index (χ4n) is 3.50. The minimum atomic E-state index is -0.827. The van der Waals surface area contributed by atoms with Crippen LogP contribution < -0.4 is 0 Å². The van der Waals surface area contributed by atoms with E-state index in [4.69, 9.17) is 0 Å². The number of benzene rings is 2. The summed E-state index contributed by atoms with van der Waals surface area (Å²) in [6.07, 6.45) is 0.516. The Bertz CT molecular complexity index is 748. The van der Waals surface area contributed by atoms with E-state index >= 15 is 0 Å². The molecule has 4 heteroatoms. The quantitative estimate of drug-likeness (QED) is 0.821. The van der Waals surface area contributed by atoms with Gasteiger partial charge in [-0.3, -0.25) is 14.5 Å². The highest BCUT2D eigenvalue weighted by Crippen LogP contribution is 2.36. The van der Waals surface area contributed by atoms with Gasteiger partial charge in [-0.1, -0.05) is 36.4 Å². The number of aryl methyl sites for hydroxylation is 1. The maximum Gasteiger partial charge on any atom is 0.261 e. The Morgan fingerprint density at radius 2 is 1.50 bits per heavy atom. The molecule has 0 radical (unpaired) electrons. The van der Waals surface area contributed by atoms with Crippen molar-refractivity contribution in [1.29, 1.82) is 0 Å². The number of rotatable bonds is 1. The molecule has 1 aliphatic carbocycles. The molecule has 0 saturated heterocycles. The van der Waals surface area contributed by atoms with E-state index in [9.17, 15) is 14.7 Å². The molecular weight excluding hydrogens is 278 g/mol. The third kappa shape index (κ3) is 1.74. The summed E-state index contributed by atoms with van der Waals surface area (Å²) in [6.45, 7) is 0. The van der Waals surface area contributed by atoms with Crippen LogP contribution in [0, 0.1) is 0 Å². The Morgan fingerprint density at radius 1 is 0.909 bits per heavy atom. The first kappa shape index (κ1) is 13.2. The van der Waals surface area contributed by atoms with E-state index in [-0.39, 0.29) is 11.8 Å². The molecule has 2 aliphatic rings. The first-order valence-corrected chi connectivity index (χ1v) is 7.41. The molecule has 4 nitrogen and oxygen atoms in total. The zero-order valence-corrected chi connectivity index (χ0v) is 11.9. The number of imide groups is 1. The first-order chi connectivity index (χ1) is 10.7. The Balaban J connectivity index is 1.73. The molecule has 2 atom stereocenters. The first-order valence-electron chi connectivity index (χ1n) is 7.41. The number of carbonyl (C=O) groups excluding carboxylic acids is 2. The summed E-state index contributed by atoms with van der Waals surface area (Å²) < 4.78 is 0. The monoisotopic (exact) mass is 293 g/mol. The lowest BCUT2D eigenvalue weighted by Gasteiger charge is -2.35. The van der Waals surface area contributed by atoms with E-state index < -0.39 is 12.1 Å². The van der Waals surface area contributed by atoms with Crippen LogP contribution in [0.1, 0.15) is 44.4 Å². The molecule has 2 amide bonds. The van der Waals surface area contributed by atoms with Gasteiger partial charge in [0, 0.05) is 0 Å². The van der Waals surface area contributed by atoms with Gasteiger partial charge in [0.25, 0.3) is 11.8 Å². The van der Waals surface area contributed by atoms with Gasteiger partial charge < -0.3 is 5.11 Å². The smallest absolute Gasteiger partial charge is 0.261 e. The summed E-state index contributed by atoms with van der Waals surface area (Å²) in [5.74, 6) is -0.604. The lowest BCUT2D eigenvalue weighted by Crippen LogP contribution is -2.45. The zero-order valence-electron chi connectivity index (χ0n) is 11.9. The molecule has 110 valence electrons. The van der Waals surface area contributed by atoms with Crippen LogP contribution in [0.2, 0.25) is 0 Å². The molecule has 0 spiro atoms. The summed E-state index contributed by atoms with van der Waals surface area (Å²) in [4.78, 5) is 26.4. The standard InChI is InChI=1S/C18H15NO3/c20-16-12-6-2-1-5-11(12)9-10-15(16)19-17(21)13-7-3-4-8-14(13)18(19)22/h1-8,15-16,20H,9-10H2/t15-,16-/m0/s1. The van der Waals surface area contributed by atoms with Gasteiger partial charge in [-0.25, -0.2) is 0 Å². The summed E-state index contributed by atoms with van der Waals surface area (Å²) in [5.41, 5.74) is 2.76. The molecule has 2 aromatic rings. The Labute approximate surface area is 128 Å². The van der Waals surface area contributed by atoms with Crippen LogP contribution in [-0.2, 0) is 6.42 Å². The molecule has 4 rings (SSSR count). The molecule has 1 N–H and O–H groups in total. The number of fused-ring (bicyclic) bond motifs is 2. The second-order valence-corrected chi connectivity index (χ2v) is 5.78. The van der Waals surface area contributed by atoms with Gasteiger partial charge in [-0.15, -0.1) is 0 Å². The van der Waals surface area contributed by atoms with Crippen LogP contribution in [0.25, 0.3) is 0 Å².